The van der Waals surface area contributed by atoms with Gasteiger partial charge in [-0.1, -0.05) is 11.6 Å². The number of aliphatic carboxylic acids is 1. The molecule has 0 fully saturated rings. The molecule has 1 aromatic carbocycles. The summed E-state index contributed by atoms with van der Waals surface area (Å²) in [5.74, 6) is -0.810. The van der Waals surface area contributed by atoms with Gasteiger partial charge in [0.15, 0.2) is 0 Å². The van der Waals surface area contributed by atoms with Gasteiger partial charge in [0.25, 0.3) is 0 Å². The van der Waals surface area contributed by atoms with Crippen LogP contribution in [0.4, 0.5) is 5.69 Å². The average Bonchev–Trinajstić information content (AvgIpc) is 2.28. The molecule has 17 heavy (non-hydrogen) atoms. The third kappa shape index (κ3) is 3.97. The number of nitriles is 1. The molecule has 0 aromatic heterocycles. The van der Waals surface area contributed by atoms with Gasteiger partial charge in [-0.05, 0) is 24.6 Å². The quantitative estimate of drug-likeness (QED) is 0.875. The van der Waals surface area contributed by atoms with Crippen molar-refractivity contribution in [1.82, 2.24) is 0 Å². The van der Waals surface area contributed by atoms with Gasteiger partial charge < -0.3 is 10.0 Å². The zero-order chi connectivity index (χ0) is 12.8. The molecule has 0 saturated heterocycles. The van der Waals surface area contributed by atoms with Gasteiger partial charge in [-0.15, -0.1) is 0 Å². The molecule has 0 unspecified atom stereocenters. The van der Waals surface area contributed by atoms with Crippen molar-refractivity contribution >= 4 is 23.3 Å². The number of nitrogens with zero attached hydrogens (tertiary/aromatic N) is 2. The SMILES string of the molecule is CN(CCCC(=O)O)c1ccc(Cl)cc1C#N. The maximum Gasteiger partial charge on any atom is 0.303 e. The second kappa shape index (κ2) is 6.12. The molecule has 90 valence electrons. The summed E-state index contributed by atoms with van der Waals surface area (Å²) in [5.41, 5.74) is 1.26. The average molecular weight is 253 g/mol. The predicted molar refractivity (Wildman–Crippen MR) is 66.3 cm³/mol. The van der Waals surface area contributed by atoms with Crippen molar-refractivity contribution in [2.75, 3.05) is 18.5 Å². The molecule has 0 aliphatic carbocycles. The lowest BCUT2D eigenvalue weighted by Crippen LogP contribution is -2.20. The lowest BCUT2D eigenvalue weighted by atomic mass is 10.1. The maximum atomic E-state index is 10.4. The van der Waals surface area contributed by atoms with E-state index in [1.807, 2.05) is 11.9 Å². The van der Waals surface area contributed by atoms with Crippen LogP contribution in [0.25, 0.3) is 0 Å². The summed E-state index contributed by atoms with van der Waals surface area (Å²) in [6.45, 7) is 0.586. The Bertz CT molecular complexity index is 454. The van der Waals surface area contributed by atoms with Crippen molar-refractivity contribution in [2.24, 2.45) is 0 Å². The fourth-order valence-corrected chi connectivity index (χ4v) is 1.69. The lowest BCUT2D eigenvalue weighted by Gasteiger charge is -2.20. The first-order valence-electron chi connectivity index (χ1n) is 5.17. The minimum atomic E-state index is -0.810. The summed E-state index contributed by atoms with van der Waals surface area (Å²) in [6.07, 6.45) is 0.666. The fraction of sp³-hybridized carbons (Fsp3) is 0.333. The first-order valence-corrected chi connectivity index (χ1v) is 5.55. The number of carboxylic acids is 1. The summed E-state index contributed by atoms with van der Waals surface area (Å²) >= 11 is 5.80. The molecule has 5 heteroatoms. The highest BCUT2D eigenvalue weighted by Crippen LogP contribution is 2.23. The van der Waals surface area contributed by atoms with E-state index in [4.69, 9.17) is 22.0 Å². The van der Waals surface area contributed by atoms with Gasteiger partial charge in [-0.3, -0.25) is 4.79 Å². The highest BCUT2D eigenvalue weighted by Gasteiger charge is 2.08. The van der Waals surface area contributed by atoms with E-state index in [9.17, 15) is 4.79 Å². The molecule has 0 bridgehead atoms. The van der Waals surface area contributed by atoms with Crippen LogP contribution in [0.5, 0.6) is 0 Å². The van der Waals surface area contributed by atoms with E-state index < -0.39 is 5.97 Å². The van der Waals surface area contributed by atoms with Gasteiger partial charge in [-0.25, -0.2) is 0 Å². The fourth-order valence-electron chi connectivity index (χ4n) is 1.52. The minimum Gasteiger partial charge on any atom is -0.481 e. The van der Waals surface area contributed by atoms with E-state index >= 15 is 0 Å². The number of hydrogen-bond donors (Lipinski definition) is 1. The Hall–Kier alpha value is -1.73. The number of carboxylic acid groups (broad SMARTS) is 1. The Balaban J connectivity index is 2.72. The number of anilines is 1. The van der Waals surface area contributed by atoms with Gasteiger partial charge in [0.05, 0.1) is 11.3 Å². The number of carbonyl (C=O) groups is 1. The summed E-state index contributed by atoms with van der Waals surface area (Å²) in [4.78, 5) is 12.3. The highest BCUT2D eigenvalue weighted by molar-refractivity contribution is 6.30. The van der Waals surface area contributed by atoms with Crippen LogP contribution in [0, 0.1) is 11.3 Å². The van der Waals surface area contributed by atoms with Gasteiger partial charge in [0, 0.05) is 25.0 Å². The van der Waals surface area contributed by atoms with E-state index in [-0.39, 0.29) is 6.42 Å². The van der Waals surface area contributed by atoms with Crippen molar-refractivity contribution < 1.29 is 9.90 Å². The molecule has 0 atom stereocenters. The molecule has 0 heterocycles. The van der Waals surface area contributed by atoms with Crippen molar-refractivity contribution in [3.63, 3.8) is 0 Å². The van der Waals surface area contributed by atoms with Gasteiger partial charge in [0.1, 0.15) is 6.07 Å². The molecule has 0 aliphatic rings. The molecule has 0 radical (unpaired) electrons. The normalized spacial score (nSPS) is 9.71. The number of hydrogen-bond acceptors (Lipinski definition) is 3. The van der Waals surface area contributed by atoms with Crippen LogP contribution in [0.3, 0.4) is 0 Å². The molecule has 1 rings (SSSR count). The van der Waals surface area contributed by atoms with E-state index in [1.54, 1.807) is 18.2 Å². The van der Waals surface area contributed by atoms with E-state index in [1.165, 1.54) is 0 Å². The summed E-state index contributed by atoms with van der Waals surface area (Å²) in [5, 5.41) is 18.0. The first-order chi connectivity index (χ1) is 8.04. The van der Waals surface area contributed by atoms with E-state index in [0.717, 1.165) is 5.69 Å². The van der Waals surface area contributed by atoms with E-state index in [2.05, 4.69) is 6.07 Å². The zero-order valence-electron chi connectivity index (χ0n) is 9.48. The smallest absolute Gasteiger partial charge is 0.303 e. The first kappa shape index (κ1) is 13.3. The summed E-state index contributed by atoms with van der Waals surface area (Å²) in [6, 6.07) is 7.16. The molecule has 1 N–H and O–H groups in total. The van der Waals surface area contributed by atoms with Gasteiger partial charge in [0.2, 0.25) is 0 Å². The van der Waals surface area contributed by atoms with Crippen LogP contribution in [0.1, 0.15) is 18.4 Å². The maximum absolute atomic E-state index is 10.4. The van der Waals surface area contributed by atoms with Crippen LogP contribution in [0.2, 0.25) is 5.02 Å². The Morgan fingerprint density at radius 1 is 1.59 bits per heavy atom. The molecule has 0 saturated carbocycles. The topological polar surface area (TPSA) is 64.3 Å². The molecule has 1 aromatic rings. The number of halogens is 1. The van der Waals surface area contributed by atoms with Crippen LogP contribution >= 0.6 is 11.6 Å². The summed E-state index contributed by atoms with van der Waals surface area (Å²) < 4.78 is 0. The second-order valence-electron chi connectivity index (χ2n) is 3.69. The Morgan fingerprint density at radius 2 is 2.29 bits per heavy atom. The summed E-state index contributed by atoms with van der Waals surface area (Å²) in [7, 11) is 1.83. The molecular weight excluding hydrogens is 240 g/mol. The Morgan fingerprint density at radius 3 is 2.88 bits per heavy atom. The largest absolute Gasteiger partial charge is 0.481 e. The molecule has 0 amide bonds. The standard InChI is InChI=1S/C12H13ClN2O2/c1-15(6-2-3-12(16)17)11-5-4-10(13)7-9(11)8-14/h4-5,7H,2-3,6H2,1H3,(H,16,17). The van der Waals surface area contributed by atoms with Crippen LogP contribution < -0.4 is 4.90 Å². The van der Waals surface area contributed by atoms with Crippen LogP contribution in [-0.4, -0.2) is 24.7 Å². The molecular formula is C12H13ClN2O2. The molecule has 0 aliphatic heterocycles. The highest BCUT2D eigenvalue weighted by atomic mass is 35.5. The Kier molecular flexibility index (Phi) is 4.80. The van der Waals surface area contributed by atoms with Crippen molar-refractivity contribution in [3.05, 3.63) is 28.8 Å². The van der Waals surface area contributed by atoms with Gasteiger partial charge in [-0.2, -0.15) is 5.26 Å². The van der Waals surface area contributed by atoms with Gasteiger partial charge >= 0.3 is 5.97 Å². The molecule has 0 spiro atoms. The third-order valence-electron chi connectivity index (χ3n) is 2.37. The monoisotopic (exact) mass is 252 g/mol. The number of rotatable bonds is 5. The van der Waals surface area contributed by atoms with E-state index in [0.29, 0.717) is 23.6 Å². The Labute approximate surface area is 105 Å². The predicted octanol–water partition coefficient (Wildman–Crippen LogP) is 2.51. The number of benzene rings is 1. The minimum absolute atomic E-state index is 0.125. The third-order valence-corrected chi connectivity index (χ3v) is 2.61. The van der Waals surface area contributed by atoms with Crippen LogP contribution in [0.15, 0.2) is 18.2 Å². The zero-order valence-corrected chi connectivity index (χ0v) is 10.2. The lowest BCUT2D eigenvalue weighted by molar-refractivity contribution is -0.137. The van der Waals surface area contributed by atoms with Crippen molar-refractivity contribution in [1.29, 1.82) is 5.26 Å². The molecule has 4 nitrogen and oxygen atoms in total. The van der Waals surface area contributed by atoms with Crippen LogP contribution in [-0.2, 0) is 4.79 Å². The van der Waals surface area contributed by atoms with Crippen molar-refractivity contribution in [2.45, 2.75) is 12.8 Å². The van der Waals surface area contributed by atoms with Crippen molar-refractivity contribution in [3.8, 4) is 6.07 Å². The second-order valence-corrected chi connectivity index (χ2v) is 4.13.